The lowest BCUT2D eigenvalue weighted by Crippen LogP contribution is -2.24. The summed E-state index contributed by atoms with van der Waals surface area (Å²) in [6.07, 6.45) is 2.76. The van der Waals surface area contributed by atoms with Gasteiger partial charge in [-0.2, -0.15) is 13.2 Å². The van der Waals surface area contributed by atoms with Crippen LogP contribution in [0.15, 0.2) is 36.4 Å². The van der Waals surface area contributed by atoms with Crippen molar-refractivity contribution in [3.8, 4) is 24.0 Å². The van der Waals surface area contributed by atoms with Crippen molar-refractivity contribution in [2.45, 2.75) is 32.0 Å². The number of unbranched alkanes of at least 4 members (excludes halogenated alkanes) is 2. The number of nitrogens with one attached hydrogen (secondary N) is 1. The molecule has 8 heteroatoms. The molecule has 0 atom stereocenters. The van der Waals surface area contributed by atoms with Crippen molar-refractivity contribution in [1.29, 1.82) is 0 Å². The van der Waals surface area contributed by atoms with E-state index in [4.69, 9.17) is 16.9 Å². The van der Waals surface area contributed by atoms with Crippen molar-refractivity contribution in [3.05, 3.63) is 53.2 Å². The highest BCUT2D eigenvalue weighted by molar-refractivity contribution is 5.94. The first kappa shape index (κ1) is 21.3. The van der Waals surface area contributed by atoms with E-state index in [2.05, 4.69) is 16.2 Å². The summed E-state index contributed by atoms with van der Waals surface area (Å²) in [5.41, 5.74) is 4.91. The number of alkyl halides is 3. The molecule has 0 aliphatic carbocycles. The van der Waals surface area contributed by atoms with E-state index in [9.17, 15) is 18.0 Å². The van der Waals surface area contributed by atoms with Gasteiger partial charge >= 0.3 is 6.18 Å². The summed E-state index contributed by atoms with van der Waals surface area (Å²) in [5.74, 6) is 2.15. The quantitative estimate of drug-likeness (QED) is 0.529. The van der Waals surface area contributed by atoms with Gasteiger partial charge in [0.1, 0.15) is 11.4 Å². The van der Waals surface area contributed by atoms with E-state index in [1.807, 2.05) is 0 Å². The SMILES string of the molecule is C#CCCCCNC(=O)c1cccc(Oc2cc(CN)cc(C(F)(F)F)n2)c1. The summed E-state index contributed by atoms with van der Waals surface area (Å²) >= 11 is 0. The molecule has 0 bridgehead atoms. The first-order valence-electron chi connectivity index (χ1n) is 8.61. The molecule has 2 aromatic rings. The predicted octanol–water partition coefficient (Wildman–Crippen LogP) is 3.88. The standard InChI is InChI=1S/C20H20F3N3O2/c1-2-3-4-5-9-25-19(27)15-7-6-8-16(12-15)28-18-11-14(13-24)10-17(26-18)20(21,22)23/h1,6-8,10-12H,3-5,9,13,24H2,(H,25,27). The highest BCUT2D eigenvalue weighted by Crippen LogP contribution is 2.31. The Bertz CT molecular complexity index is 861. The van der Waals surface area contributed by atoms with Crippen molar-refractivity contribution < 1.29 is 22.7 Å². The van der Waals surface area contributed by atoms with Crippen molar-refractivity contribution in [3.63, 3.8) is 0 Å². The number of carbonyl (C=O) groups excluding carboxylic acids is 1. The van der Waals surface area contributed by atoms with Crippen LogP contribution in [0.1, 0.15) is 40.9 Å². The summed E-state index contributed by atoms with van der Waals surface area (Å²) in [5, 5.41) is 2.75. The van der Waals surface area contributed by atoms with E-state index in [1.165, 1.54) is 18.2 Å². The molecule has 28 heavy (non-hydrogen) atoms. The van der Waals surface area contributed by atoms with E-state index in [0.717, 1.165) is 18.9 Å². The van der Waals surface area contributed by atoms with Gasteiger partial charge in [0.05, 0.1) is 0 Å². The fourth-order valence-electron chi connectivity index (χ4n) is 2.35. The molecule has 0 saturated heterocycles. The molecule has 0 aliphatic rings. The molecule has 0 fully saturated rings. The van der Waals surface area contributed by atoms with Crippen LogP contribution in [0.5, 0.6) is 11.6 Å². The monoisotopic (exact) mass is 391 g/mol. The Balaban J connectivity index is 2.10. The molecule has 2 rings (SSSR count). The smallest absolute Gasteiger partial charge is 0.433 e. The molecule has 0 unspecified atom stereocenters. The maximum absolute atomic E-state index is 13.0. The van der Waals surface area contributed by atoms with Crippen LogP contribution >= 0.6 is 0 Å². The minimum Gasteiger partial charge on any atom is -0.439 e. The highest BCUT2D eigenvalue weighted by atomic mass is 19.4. The average Bonchev–Trinajstić information content (AvgIpc) is 2.67. The number of hydrogen-bond donors (Lipinski definition) is 2. The fraction of sp³-hybridized carbons (Fsp3) is 0.300. The Morgan fingerprint density at radius 3 is 2.71 bits per heavy atom. The zero-order chi connectivity index (χ0) is 20.6. The van der Waals surface area contributed by atoms with Gasteiger partial charge in [-0.05, 0) is 42.7 Å². The summed E-state index contributed by atoms with van der Waals surface area (Å²) in [7, 11) is 0. The van der Waals surface area contributed by atoms with Crippen LogP contribution in [0, 0.1) is 12.3 Å². The van der Waals surface area contributed by atoms with Gasteiger partial charge in [0.15, 0.2) is 0 Å². The number of carbonyl (C=O) groups is 1. The normalized spacial score (nSPS) is 11.0. The molecule has 148 valence electrons. The molecule has 0 aliphatic heterocycles. The van der Waals surface area contributed by atoms with E-state index in [-0.39, 0.29) is 29.6 Å². The summed E-state index contributed by atoms with van der Waals surface area (Å²) in [4.78, 5) is 15.7. The van der Waals surface area contributed by atoms with Gasteiger partial charge < -0.3 is 15.8 Å². The third-order valence-electron chi connectivity index (χ3n) is 3.74. The maximum atomic E-state index is 13.0. The van der Waals surface area contributed by atoms with Crippen LogP contribution in [0.2, 0.25) is 0 Å². The fourth-order valence-corrected chi connectivity index (χ4v) is 2.35. The Labute approximate surface area is 161 Å². The van der Waals surface area contributed by atoms with E-state index >= 15 is 0 Å². The van der Waals surface area contributed by atoms with Gasteiger partial charge in [-0.15, -0.1) is 12.3 Å². The molecule has 0 spiro atoms. The highest BCUT2D eigenvalue weighted by Gasteiger charge is 2.33. The molecule has 1 aromatic carbocycles. The molecular formula is C20H20F3N3O2. The molecule has 1 aromatic heterocycles. The number of terminal acetylenes is 1. The third-order valence-corrected chi connectivity index (χ3v) is 3.74. The number of nitrogens with two attached hydrogens (primary N) is 1. The minimum atomic E-state index is -4.62. The maximum Gasteiger partial charge on any atom is 0.433 e. The van der Waals surface area contributed by atoms with Crippen molar-refractivity contribution in [2.75, 3.05) is 6.54 Å². The molecule has 1 heterocycles. The number of benzene rings is 1. The van der Waals surface area contributed by atoms with E-state index in [1.54, 1.807) is 12.1 Å². The van der Waals surface area contributed by atoms with Gasteiger partial charge in [-0.1, -0.05) is 6.07 Å². The molecular weight excluding hydrogens is 371 g/mol. The Hall–Kier alpha value is -3.05. The molecule has 1 amide bonds. The minimum absolute atomic E-state index is 0.0932. The lowest BCUT2D eigenvalue weighted by molar-refractivity contribution is -0.141. The number of amides is 1. The van der Waals surface area contributed by atoms with E-state index in [0.29, 0.717) is 18.5 Å². The molecule has 0 saturated carbocycles. The Kier molecular flexibility index (Phi) is 7.41. The van der Waals surface area contributed by atoms with Gasteiger partial charge in [-0.25, -0.2) is 4.98 Å². The number of hydrogen-bond acceptors (Lipinski definition) is 4. The summed E-state index contributed by atoms with van der Waals surface area (Å²) < 4.78 is 44.3. The first-order valence-corrected chi connectivity index (χ1v) is 8.61. The topological polar surface area (TPSA) is 77.2 Å². The van der Waals surface area contributed by atoms with Crippen LogP contribution in [0.25, 0.3) is 0 Å². The van der Waals surface area contributed by atoms with Gasteiger partial charge in [0.2, 0.25) is 5.88 Å². The van der Waals surface area contributed by atoms with Crippen LogP contribution in [-0.2, 0) is 12.7 Å². The van der Waals surface area contributed by atoms with Gasteiger partial charge in [0.25, 0.3) is 5.91 Å². The first-order chi connectivity index (χ1) is 13.3. The van der Waals surface area contributed by atoms with Crippen molar-refractivity contribution in [2.24, 2.45) is 5.73 Å². The van der Waals surface area contributed by atoms with Crippen molar-refractivity contribution >= 4 is 5.91 Å². The summed E-state index contributed by atoms with van der Waals surface area (Å²) in [6.45, 7) is 0.380. The Morgan fingerprint density at radius 2 is 2.04 bits per heavy atom. The average molecular weight is 391 g/mol. The molecule has 0 radical (unpaired) electrons. The second kappa shape index (κ2) is 9.76. The second-order valence-corrected chi connectivity index (χ2v) is 5.95. The molecule has 3 N–H and O–H groups in total. The Morgan fingerprint density at radius 1 is 1.25 bits per heavy atom. The van der Waals surface area contributed by atoms with E-state index < -0.39 is 11.9 Å². The number of halogens is 3. The third kappa shape index (κ3) is 6.28. The number of nitrogens with zero attached hydrogens (tertiary/aromatic N) is 1. The zero-order valence-electron chi connectivity index (χ0n) is 15.1. The predicted molar refractivity (Wildman–Crippen MR) is 98.7 cm³/mol. The van der Waals surface area contributed by atoms with Crippen molar-refractivity contribution in [1.82, 2.24) is 10.3 Å². The molecule has 5 nitrogen and oxygen atoms in total. The van der Waals surface area contributed by atoms with Gasteiger partial charge in [-0.3, -0.25) is 4.79 Å². The van der Waals surface area contributed by atoms with Crippen LogP contribution in [0.3, 0.4) is 0 Å². The number of pyridine rings is 1. The van der Waals surface area contributed by atoms with Crippen LogP contribution in [-0.4, -0.2) is 17.4 Å². The number of aromatic nitrogens is 1. The largest absolute Gasteiger partial charge is 0.439 e. The second-order valence-electron chi connectivity index (χ2n) is 5.95. The van der Waals surface area contributed by atoms with Crippen LogP contribution in [0.4, 0.5) is 13.2 Å². The number of ether oxygens (including phenoxy) is 1. The van der Waals surface area contributed by atoms with Gasteiger partial charge in [0, 0.05) is 31.1 Å². The summed E-state index contributed by atoms with van der Waals surface area (Å²) in [6, 6.07) is 8.30. The van der Waals surface area contributed by atoms with Crippen LogP contribution < -0.4 is 15.8 Å². The lowest BCUT2D eigenvalue weighted by Gasteiger charge is -2.12. The number of rotatable bonds is 8. The lowest BCUT2D eigenvalue weighted by atomic mass is 10.2. The zero-order valence-corrected chi connectivity index (χ0v) is 15.1.